The highest BCUT2D eigenvalue weighted by molar-refractivity contribution is 7.22. The highest BCUT2D eigenvalue weighted by atomic mass is 35.5. The van der Waals surface area contributed by atoms with Crippen molar-refractivity contribution in [1.29, 1.82) is 0 Å². The van der Waals surface area contributed by atoms with Gasteiger partial charge in [-0.05, 0) is 70.2 Å². The number of thiazole rings is 1. The van der Waals surface area contributed by atoms with Gasteiger partial charge in [0.2, 0.25) is 0 Å². The number of fused-ring (bicyclic) bond motifs is 1. The first kappa shape index (κ1) is 21.6. The number of carbonyl (C=O) groups is 1. The molecule has 1 heterocycles. The van der Waals surface area contributed by atoms with Crippen LogP contribution >= 0.6 is 22.9 Å². The predicted molar refractivity (Wildman–Crippen MR) is 122 cm³/mol. The number of hydrogen-bond acceptors (Lipinski definition) is 5. The summed E-state index contributed by atoms with van der Waals surface area (Å²) in [7, 11) is 4.05. The van der Waals surface area contributed by atoms with Gasteiger partial charge in [0.05, 0.1) is 10.2 Å². The van der Waals surface area contributed by atoms with Crippen molar-refractivity contribution in [3.05, 3.63) is 52.5 Å². The molecule has 7 heteroatoms. The molecule has 0 radical (unpaired) electrons. The van der Waals surface area contributed by atoms with Gasteiger partial charge in [0.15, 0.2) is 11.7 Å². The smallest absolute Gasteiger partial charge is 0.266 e. The van der Waals surface area contributed by atoms with Crippen LogP contribution in [0.25, 0.3) is 10.2 Å². The van der Waals surface area contributed by atoms with Crippen LogP contribution in [0.15, 0.2) is 36.4 Å². The Morgan fingerprint density at radius 3 is 2.62 bits per heavy atom. The lowest BCUT2D eigenvalue weighted by Crippen LogP contribution is -2.36. The Hall–Kier alpha value is -2.15. The van der Waals surface area contributed by atoms with Gasteiger partial charge in [-0.3, -0.25) is 9.69 Å². The van der Waals surface area contributed by atoms with Crippen molar-refractivity contribution in [3.8, 4) is 5.75 Å². The molecule has 0 fully saturated rings. The lowest BCUT2D eigenvalue weighted by Gasteiger charge is -2.21. The summed E-state index contributed by atoms with van der Waals surface area (Å²) in [5.41, 5.74) is 2.79. The number of aromatic nitrogens is 1. The summed E-state index contributed by atoms with van der Waals surface area (Å²) in [6, 6.07) is 11.5. The second-order valence-electron chi connectivity index (χ2n) is 7.27. The van der Waals surface area contributed by atoms with Crippen LogP contribution < -0.4 is 9.64 Å². The number of nitrogens with zero attached hydrogens (tertiary/aromatic N) is 3. The van der Waals surface area contributed by atoms with Crippen LogP contribution in [0.1, 0.15) is 17.5 Å². The number of amides is 1. The quantitative estimate of drug-likeness (QED) is 0.507. The van der Waals surface area contributed by atoms with E-state index >= 15 is 0 Å². The SMILES string of the molecule is Cc1ccccc1OCC(=O)N(CCCN(C)C)c1nc2c(C)c(Cl)ccc2s1. The minimum Gasteiger partial charge on any atom is -0.483 e. The monoisotopic (exact) mass is 431 g/mol. The number of benzene rings is 2. The van der Waals surface area contributed by atoms with Crippen LogP contribution in [0.4, 0.5) is 5.13 Å². The first-order valence-electron chi connectivity index (χ1n) is 9.56. The summed E-state index contributed by atoms with van der Waals surface area (Å²) in [4.78, 5) is 21.6. The topological polar surface area (TPSA) is 45.7 Å². The third-order valence-corrected chi connectivity index (χ3v) is 6.15. The first-order chi connectivity index (χ1) is 13.9. The van der Waals surface area contributed by atoms with Crippen LogP contribution in [0.2, 0.25) is 5.02 Å². The van der Waals surface area contributed by atoms with Crippen molar-refractivity contribution in [2.75, 3.05) is 38.7 Å². The Morgan fingerprint density at radius 2 is 1.90 bits per heavy atom. The number of carbonyl (C=O) groups excluding carboxylic acids is 1. The van der Waals surface area contributed by atoms with E-state index in [9.17, 15) is 4.79 Å². The Morgan fingerprint density at radius 1 is 1.14 bits per heavy atom. The summed E-state index contributed by atoms with van der Waals surface area (Å²) in [5, 5.41) is 1.37. The van der Waals surface area contributed by atoms with Gasteiger partial charge in [0.25, 0.3) is 5.91 Å². The Balaban J connectivity index is 1.82. The molecule has 2 aromatic carbocycles. The molecule has 0 aliphatic heterocycles. The zero-order valence-electron chi connectivity index (χ0n) is 17.2. The predicted octanol–water partition coefficient (Wildman–Crippen LogP) is 4.93. The van der Waals surface area contributed by atoms with Crippen LogP contribution in [0, 0.1) is 13.8 Å². The van der Waals surface area contributed by atoms with Gasteiger partial charge in [-0.25, -0.2) is 4.98 Å². The molecule has 0 saturated carbocycles. The molecule has 0 bridgehead atoms. The van der Waals surface area contributed by atoms with Crippen LogP contribution in [0.3, 0.4) is 0 Å². The minimum absolute atomic E-state index is 0.0253. The highest BCUT2D eigenvalue weighted by Crippen LogP contribution is 2.33. The number of rotatable bonds is 8. The molecule has 0 saturated heterocycles. The summed E-state index contributed by atoms with van der Waals surface area (Å²) in [6.45, 7) is 5.36. The lowest BCUT2D eigenvalue weighted by molar-refractivity contribution is -0.120. The van der Waals surface area contributed by atoms with E-state index in [1.165, 1.54) is 11.3 Å². The van der Waals surface area contributed by atoms with Gasteiger partial charge in [-0.2, -0.15) is 0 Å². The molecule has 0 unspecified atom stereocenters. The van der Waals surface area contributed by atoms with Crippen molar-refractivity contribution in [2.24, 2.45) is 0 Å². The molecule has 29 heavy (non-hydrogen) atoms. The van der Waals surface area contributed by atoms with Gasteiger partial charge >= 0.3 is 0 Å². The summed E-state index contributed by atoms with van der Waals surface area (Å²) in [5.74, 6) is 0.621. The third-order valence-electron chi connectivity index (χ3n) is 4.70. The first-order valence-corrected chi connectivity index (χ1v) is 10.8. The number of halogens is 1. The van der Waals surface area contributed by atoms with Crippen LogP contribution in [0.5, 0.6) is 5.75 Å². The molecule has 0 aliphatic rings. The minimum atomic E-state index is -0.102. The van der Waals surface area contributed by atoms with E-state index in [-0.39, 0.29) is 12.5 Å². The average molecular weight is 432 g/mol. The van der Waals surface area contributed by atoms with E-state index in [1.807, 2.05) is 64.3 Å². The molecule has 3 aromatic rings. The van der Waals surface area contributed by atoms with Gasteiger partial charge < -0.3 is 9.64 Å². The maximum Gasteiger partial charge on any atom is 0.266 e. The molecular weight excluding hydrogens is 406 g/mol. The fourth-order valence-corrected chi connectivity index (χ4v) is 4.23. The zero-order chi connectivity index (χ0) is 21.0. The fourth-order valence-electron chi connectivity index (χ4n) is 3.01. The molecule has 0 spiro atoms. The molecule has 0 N–H and O–H groups in total. The Labute approximate surface area is 180 Å². The van der Waals surface area contributed by atoms with Crippen molar-refractivity contribution in [1.82, 2.24) is 9.88 Å². The van der Waals surface area contributed by atoms with E-state index in [0.717, 1.165) is 40.1 Å². The van der Waals surface area contributed by atoms with Gasteiger partial charge in [0, 0.05) is 11.6 Å². The van der Waals surface area contributed by atoms with Crippen molar-refractivity contribution >= 4 is 44.2 Å². The summed E-state index contributed by atoms with van der Waals surface area (Å²) >= 11 is 7.75. The van der Waals surface area contributed by atoms with Crippen LogP contribution in [-0.4, -0.2) is 49.6 Å². The molecule has 1 aromatic heterocycles. The Kier molecular flexibility index (Phi) is 7.11. The van der Waals surface area contributed by atoms with E-state index in [1.54, 1.807) is 4.90 Å². The average Bonchev–Trinajstić information content (AvgIpc) is 3.12. The van der Waals surface area contributed by atoms with Crippen molar-refractivity contribution in [3.63, 3.8) is 0 Å². The summed E-state index contributed by atoms with van der Waals surface area (Å²) < 4.78 is 6.82. The lowest BCUT2D eigenvalue weighted by atomic mass is 10.2. The van der Waals surface area contributed by atoms with Crippen molar-refractivity contribution < 1.29 is 9.53 Å². The van der Waals surface area contributed by atoms with E-state index in [4.69, 9.17) is 21.3 Å². The Bertz CT molecular complexity index is 1000. The molecule has 0 atom stereocenters. The summed E-state index contributed by atoms with van der Waals surface area (Å²) in [6.07, 6.45) is 0.846. The number of anilines is 1. The van der Waals surface area contributed by atoms with E-state index < -0.39 is 0 Å². The van der Waals surface area contributed by atoms with E-state index in [2.05, 4.69) is 4.90 Å². The fraction of sp³-hybridized carbons (Fsp3) is 0.364. The maximum atomic E-state index is 13.1. The second-order valence-corrected chi connectivity index (χ2v) is 8.69. The highest BCUT2D eigenvalue weighted by Gasteiger charge is 2.21. The number of hydrogen-bond donors (Lipinski definition) is 0. The third kappa shape index (κ3) is 5.26. The zero-order valence-corrected chi connectivity index (χ0v) is 18.8. The molecular formula is C22H26ClN3O2S. The molecule has 5 nitrogen and oxygen atoms in total. The van der Waals surface area contributed by atoms with Gasteiger partial charge in [0.1, 0.15) is 5.75 Å². The van der Waals surface area contributed by atoms with Gasteiger partial charge in [-0.15, -0.1) is 0 Å². The number of ether oxygens (including phenoxy) is 1. The molecule has 0 aliphatic carbocycles. The normalized spacial score (nSPS) is 11.2. The van der Waals surface area contributed by atoms with Crippen molar-refractivity contribution in [2.45, 2.75) is 20.3 Å². The molecule has 1 amide bonds. The standard InChI is InChI=1S/C22H26ClN3O2S/c1-15-8-5-6-9-18(15)28-14-20(27)26(13-7-12-25(3)4)22-24-21-16(2)17(23)10-11-19(21)29-22/h5-6,8-11H,7,12-14H2,1-4H3. The molecule has 154 valence electrons. The second kappa shape index (κ2) is 9.57. The number of para-hydroxylation sites is 1. The van der Waals surface area contributed by atoms with Crippen LogP contribution in [-0.2, 0) is 4.79 Å². The number of aryl methyl sites for hydroxylation is 2. The molecule has 3 rings (SSSR count). The van der Waals surface area contributed by atoms with Gasteiger partial charge in [-0.1, -0.05) is 41.1 Å². The van der Waals surface area contributed by atoms with E-state index in [0.29, 0.717) is 16.7 Å². The maximum absolute atomic E-state index is 13.1. The largest absolute Gasteiger partial charge is 0.483 e.